The van der Waals surface area contributed by atoms with Gasteiger partial charge in [0, 0.05) is 34.7 Å². The maximum Gasteiger partial charge on any atom is 0.304 e. The van der Waals surface area contributed by atoms with Crippen LogP contribution in [0.4, 0.5) is 0 Å². The summed E-state index contributed by atoms with van der Waals surface area (Å²) in [4.78, 5) is 12.2. The van der Waals surface area contributed by atoms with Gasteiger partial charge in [-0.2, -0.15) is 0 Å². The molecule has 2 nitrogen and oxygen atoms in total. The second kappa shape index (κ2) is 10.2. The van der Waals surface area contributed by atoms with Crippen molar-refractivity contribution in [2.75, 3.05) is 0 Å². The molecule has 2 heteroatoms. The molecule has 0 heterocycles. The maximum absolute atomic E-state index is 12.2. The molecule has 0 spiro atoms. The van der Waals surface area contributed by atoms with Crippen LogP contribution in [0.3, 0.4) is 0 Å². The number of ether oxygens (including phenoxy) is 1. The van der Waals surface area contributed by atoms with E-state index in [-0.39, 0.29) is 0 Å². The predicted molar refractivity (Wildman–Crippen MR) is 131 cm³/mol. The molecule has 0 aliphatic heterocycles. The molecule has 4 aromatic rings. The molecule has 0 aliphatic carbocycles. The smallest absolute Gasteiger partial charge is 0.304 e. The van der Waals surface area contributed by atoms with Crippen LogP contribution in [-0.2, 0) is 15.1 Å². The number of rotatable bonds is 3. The topological polar surface area (TPSA) is 26.3 Å². The Morgan fingerprint density at radius 1 is 0.606 bits per heavy atom. The highest BCUT2D eigenvalue weighted by molar-refractivity contribution is 5.69. The van der Waals surface area contributed by atoms with E-state index in [0.29, 0.717) is 0 Å². The summed E-state index contributed by atoms with van der Waals surface area (Å²) in [5, 5.41) is 0. The van der Waals surface area contributed by atoms with E-state index in [2.05, 4.69) is 23.7 Å². The molecule has 4 rings (SSSR count). The minimum atomic E-state index is -1.24. The molecule has 0 saturated heterocycles. The van der Waals surface area contributed by atoms with Gasteiger partial charge in [-0.25, -0.2) is 0 Å². The number of hydrogen-bond acceptors (Lipinski definition) is 2. The van der Waals surface area contributed by atoms with Crippen molar-refractivity contribution in [1.82, 2.24) is 0 Å². The van der Waals surface area contributed by atoms with Gasteiger partial charge in [0.15, 0.2) is 0 Å². The molecule has 0 saturated carbocycles. The molecule has 0 unspecified atom stereocenters. The minimum Gasteiger partial charge on any atom is -0.437 e. The van der Waals surface area contributed by atoms with Crippen molar-refractivity contribution in [1.29, 1.82) is 0 Å². The van der Waals surface area contributed by atoms with Crippen LogP contribution in [0.5, 0.6) is 0 Å². The molecule has 0 N–H and O–H groups in total. The van der Waals surface area contributed by atoms with Crippen LogP contribution in [0.1, 0.15) is 34.7 Å². The second-order valence-electron chi connectivity index (χ2n) is 7.42. The Kier molecular flexibility index (Phi) is 6.70. The quantitative estimate of drug-likeness (QED) is 0.299. The van der Waals surface area contributed by atoms with Gasteiger partial charge in [-0.15, -0.1) is 0 Å². The Bertz CT molecular complexity index is 1310. The fraction of sp³-hybridized carbons (Fsp3) is 0.0645. The SMILES string of the molecule is CC(=O)OC(C#Cc1ccccc1C#Cc1ccccc1)(c1ccccc1)c1ccccc1. The third kappa shape index (κ3) is 5.21. The summed E-state index contributed by atoms with van der Waals surface area (Å²) in [7, 11) is 0. The van der Waals surface area contributed by atoms with Crippen LogP contribution in [-0.4, -0.2) is 5.97 Å². The van der Waals surface area contributed by atoms with Gasteiger partial charge in [-0.3, -0.25) is 4.79 Å². The normalized spacial score (nSPS) is 10.2. The minimum absolute atomic E-state index is 0.408. The molecular formula is C31H22O2. The number of carbonyl (C=O) groups is 1. The number of esters is 1. The van der Waals surface area contributed by atoms with Crippen molar-refractivity contribution in [3.8, 4) is 23.7 Å². The standard InChI is InChI=1S/C31H22O2/c1-25(32)33-31(29-17-7-3-8-18-29,30-19-9-4-10-20-30)24-23-28-16-12-11-15-27(28)22-21-26-13-5-2-6-14-26/h2-20H,1H3. The van der Waals surface area contributed by atoms with E-state index < -0.39 is 11.6 Å². The molecule has 0 aliphatic rings. The summed E-state index contributed by atoms with van der Waals surface area (Å²) in [5.74, 6) is 12.6. The largest absolute Gasteiger partial charge is 0.437 e. The summed E-state index contributed by atoms with van der Waals surface area (Å²) in [6.07, 6.45) is 0. The van der Waals surface area contributed by atoms with Crippen LogP contribution < -0.4 is 0 Å². The van der Waals surface area contributed by atoms with Gasteiger partial charge in [0.1, 0.15) is 0 Å². The average molecular weight is 427 g/mol. The van der Waals surface area contributed by atoms with Gasteiger partial charge < -0.3 is 4.74 Å². The van der Waals surface area contributed by atoms with E-state index in [9.17, 15) is 4.79 Å². The Morgan fingerprint density at radius 2 is 1.06 bits per heavy atom. The summed E-state index contributed by atoms with van der Waals surface area (Å²) in [6.45, 7) is 1.40. The molecule has 0 aromatic heterocycles. The zero-order chi connectivity index (χ0) is 22.9. The number of benzene rings is 4. The highest BCUT2D eigenvalue weighted by Gasteiger charge is 2.36. The summed E-state index contributed by atoms with van der Waals surface area (Å²) < 4.78 is 5.95. The zero-order valence-corrected chi connectivity index (χ0v) is 18.3. The first-order chi connectivity index (χ1) is 16.2. The van der Waals surface area contributed by atoms with Gasteiger partial charge >= 0.3 is 5.97 Å². The van der Waals surface area contributed by atoms with Crippen LogP contribution in [0, 0.1) is 23.7 Å². The molecule has 0 atom stereocenters. The lowest BCUT2D eigenvalue weighted by Crippen LogP contribution is -2.31. The number of carbonyl (C=O) groups excluding carboxylic acids is 1. The third-order valence-corrected chi connectivity index (χ3v) is 5.07. The van der Waals surface area contributed by atoms with Crippen molar-refractivity contribution in [2.45, 2.75) is 12.5 Å². The van der Waals surface area contributed by atoms with Gasteiger partial charge in [0.05, 0.1) is 0 Å². The van der Waals surface area contributed by atoms with Crippen LogP contribution in [0.25, 0.3) is 0 Å². The lowest BCUT2D eigenvalue weighted by atomic mass is 9.86. The molecule has 0 radical (unpaired) electrons. The zero-order valence-electron chi connectivity index (χ0n) is 18.3. The van der Waals surface area contributed by atoms with E-state index in [1.165, 1.54) is 6.92 Å². The third-order valence-electron chi connectivity index (χ3n) is 5.07. The summed E-state index contributed by atoms with van der Waals surface area (Å²) in [5.41, 5.74) is 2.84. The van der Waals surface area contributed by atoms with Gasteiger partial charge in [0.25, 0.3) is 0 Å². The molecule has 0 amide bonds. The average Bonchev–Trinajstić information content (AvgIpc) is 2.87. The Morgan fingerprint density at radius 3 is 1.58 bits per heavy atom. The van der Waals surface area contributed by atoms with E-state index in [1.807, 2.05) is 115 Å². The molecule has 4 aromatic carbocycles. The molecular weight excluding hydrogens is 404 g/mol. The first-order valence-corrected chi connectivity index (χ1v) is 10.7. The fourth-order valence-electron chi connectivity index (χ4n) is 3.53. The van der Waals surface area contributed by atoms with Crippen molar-refractivity contribution < 1.29 is 9.53 Å². The monoisotopic (exact) mass is 426 g/mol. The van der Waals surface area contributed by atoms with Gasteiger partial charge in [0.2, 0.25) is 5.60 Å². The maximum atomic E-state index is 12.2. The molecule has 33 heavy (non-hydrogen) atoms. The lowest BCUT2D eigenvalue weighted by Gasteiger charge is -2.29. The van der Waals surface area contributed by atoms with E-state index in [1.54, 1.807) is 0 Å². The van der Waals surface area contributed by atoms with Crippen molar-refractivity contribution in [3.63, 3.8) is 0 Å². The first kappa shape index (κ1) is 21.7. The summed E-state index contributed by atoms with van der Waals surface area (Å²) >= 11 is 0. The van der Waals surface area contributed by atoms with Gasteiger partial charge in [-0.1, -0.05) is 109 Å². The van der Waals surface area contributed by atoms with Crippen molar-refractivity contribution in [2.24, 2.45) is 0 Å². The highest BCUT2D eigenvalue weighted by Crippen LogP contribution is 2.33. The van der Waals surface area contributed by atoms with E-state index in [4.69, 9.17) is 4.74 Å². The van der Waals surface area contributed by atoms with Crippen LogP contribution in [0.15, 0.2) is 115 Å². The lowest BCUT2D eigenvalue weighted by molar-refractivity contribution is -0.149. The second-order valence-corrected chi connectivity index (χ2v) is 7.42. The van der Waals surface area contributed by atoms with Gasteiger partial charge in [-0.05, 0) is 30.2 Å². The van der Waals surface area contributed by atoms with Crippen LogP contribution >= 0.6 is 0 Å². The van der Waals surface area contributed by atoms with Crippen molar-refractivity contribution in [3.05, 3.63) is 143 Å². The molecule has 158 valence electrons. The Hall–Kier alpha value is -4.53. The fourth-order valence-corrected chi connectivity index (χ4v) is 3.53. The van der Waals surface area contributed by atoms with E-state index in [0.717, 1.165) is 27.8 Å². The summed E-state index contributed by atoms with van der Waals surface area (Å²) in [6, 6.07) is 36.8. The Balaban J connectivity index is 1.86. The number of hydrogen-bond donors (Lipinski definition) is 0. The van der Waals surface area contributed by atoms with E-state index >= 15 is 0 Å². The predicted octanol–water partition coefficient (Wildman–Crippen LogP) is 5.94. The molecule has 0 bridgehead atoms. The van der Waals surface area contributed by atoms with Crippen LogP contribution in [0.2, 0.25) is 0 Å². The Labute approximate surface area is 194 Å². The first-order valence-electron chi connectivity index (χ1n) is 10.7. The van der Waals surface area contributed by atoms with Crippen molar-refractivity contribution >= 4 is 5.97 Å². The highest BCUT2D eigenvalue weighted by atomic mass is 16.6. The molecule has 0 fully saturated rings.